The minimum absolute atomic E-state index is 0.228. The van der Waals surface area contributed by atoms with Gasteiger partial charge < -0.3 is 13.7 Å². The lowest BCUT2D eigenvalue weighted by Gasteiger charge is -2.32. The zero-order valence-corrected chi connectivity index (χ0v) is 14.6. The lowest BCUT2D eigenvalue weighted by atomic mass is 10.0. The lowest BCUT2D eigenvalue weighted by molar-refractivity contribution is 0.00457. The summed E-state index contributed by atoms with van der Waals surface area (Å²) in [5.74, 6) is 1.03. The molecule has 8 nitrogen and oxygen atoms in total. The molecule has 3 aromatic heterocycles. The molecule has 3 aromatic rings. The van der Waals surface area contributed by atoms with E-state index in [-0.39, 0.29) is 6.04 Å². The standard InChI is InChI=1S/C17H21N5O3/c1-11-16(14-10-24-7-5-21(14)3)12(2)22(19-11)8-15-18-17(20-25-15)13-4-6-23-9-13/h4,6,9,14H,5,7-8,10H2,1-3H3. The lowest BCUT2D eigenvalue weighted by Crippen LogP contribution is -2.37. The van der Waals surface area contributed by atoms with E-state index in [1.54, 1.807) is 18.6 Å². The first kappa shape index (κ1) is 16.0. The number of aryl methyl sites for hydroxylation is 1. The van der Waals surface area contributed by atoms with Crippen molar-refractivity contribution in [3.05, 3.63) is 41.4 Å². The van der Waals surface area contributed by atoms with Crippen LogP contribution in [0.1, 0.15) is 28.9 Å². The van der Waals surface area contributed by atoms with Gasteiger partial charge in [-0.3, -0.25) is 9.58 Å². The van der Waals surface area contributed by atoms with Crippen LogP contribution in [0.25, 0.3) is 11.4 Å². The van der Waals surface area contributed by atoms with E-state index in [2.05, 4.69) is 34.1 Å². The fraction of sp³-hybridized carbons (Fsp3) is 0.471. The van der Waals surface area contributed by atoms with Crippen LogP contribution < -0.4 is 0 Å². The molecule has 1 fully saturated rings. The molecule has 25 heavy (non-hydrogen) atoms. The van der Waals surface area contributed by atoms with Crippen molar-refractivity contribution in [3.63, 3.8) is 0 Å². The molecule has 0 aliphatic carbocycles. The van der Waals surface area contributed by atoms with Crippen molar-refractivity contribution in [3.8, 4) is 11.4 Å². The van der Waals surface area contributed by atoms with Gasteiger partial charge in [0.1, 0.15) is 12.8 Å². The number of furan rings is 1. The summed E-state index contributed by atoms with van der Waals surface area (Å²) < 4.78 is 18.0. The molecule has 0 radical (unpaired) electrons. The molecular formula is C17H21N5O3. The molecule has 1 atom stereocenters. The van der Waals surface area contributed by atoms with E-state index < -0.39 is 0 Å². The molecule has 132 valence electrons. The van der Waals surface area contributed by atoms with Crippen molar-refractivity contribution in [2.75, 3.05) is 26.8 Å². The first-order chi connectivity index (χ1) is 12.1. The number of hydrogen-bond acceptors (Lipinski definition) is 7. The average molecular weight is 343 g/mol. The maximum absolute atomic E-state index is 5.66. The van der Waals surface area contributed by atoms with Crippen molar-refractivity contribution in [1.82, 2.24) is 24.8 Å². The number of hydrogen-bond donors (Lipinski definition) is 0. The van der Waals surface area contributed by atoms with Gasteiger partial charge >= 0.3 is 0 Å². The maximum atomic E-state index is 5.66. The fourth-order valence-electron chi connectivity index (χ4n) is 3.29. The van der Waals surface area contributed by atoms with E-state index in [9.17, 15) is 0 Å². The maximum Gasteiger partial charge on any atom is 0.248 e. The summed E-state index contributed by atoms with van der Waals surface area (Å²) in [5.41, 5.74) is 4.12. The van der Waals surface area contributed by atoms with Crippen LogP contribution in [0.4, 0.5) is 0 Å². The molecule has 4 rings (SSSR count). The second-order valence-corrected chi connectivity index (χ2v) is 6.34. The third-order valence-corrected chi connectivity index (χ3v) is 4.70. The van der Waals surface area contributed by atoms with Crippen LogP contribution in [0.5, 0.6) is 0 Å². The highest BCUT2D eigenvalue weighted by molar-refractivity contribution is 5.51. The highest BCUT2D eigenvalue weighted by Gasteiger charge is 2.27. The van der Waals surface area contributed by atoms with E-state index in [4.69, 9.17) is 13.7 Å². The van der Waals surface area contributed by atoms with Crippen molar-refractivity contribution in [2.24, 2.45) is 0 Å². The van der Waals surface area contributed by atoms with Crippen LogP contribution in [0.2, 0.25) is 0 Å². The Morgan fingerprint density at radius 1 is 1.32 bits per heavy atom. The van der Waals surface area contributed by atoms with Gasteiger partial charge in [-0.05, 0) is 27.0 Å². The molecular weight excluding hydrogens is 322 g/mol. The molecule has 4 heterocycles. The highest BCUT2D eigenvalue weighted by Crippen LogP contribution is 2.28. The third kappa shape index (κ3) is 2.98. The normalized spacial score (nSPS) is 18.8. The van der Waals surface area contributed by atoms with Crippen LogP contribution in [-0.4, -0.2) is 51.6 Å². The van der Waals surface area contributed by atoms with Crippen molar-refractivity contribution < 1.29 is 13.7 Å². The number of rotatable bonds is 4. The van der Waals surface area contributed by atoms with Gasteiger partial charge in [0.25, 0.3) is 0 Å². The second-order valence-electron chi connectivity index (χ2n) is 6.34. The van der Waals surface area contributed by atoms with Crippen LogP contribution >= 0.6 is 0 Å². The Bertz CT molecular complexity index is 852. The Balaban J connectivity index is 1.58. The minimum Gasteiger partial charge on any atom is -0.472 e. The van der Waals surface area contributed by atoms with Gasteiger partial charge in [0.05, 0.1) is 36.8 Å². The van der Waals surface area contributed by atoms with Gasteiger partial charge in [-0.15, -0.1) is 0 Å². The quantitative estimate of drug-likeness (QED) is 0.718. The SMILES string of the molecule is Cc1nn(Cc2nc(-c3ccoc3)no2)c(C)c1C1COCCN1C. The minimum atomic E-state index is 0.228. The van der Waals surface area contributed by atoms with Gasteiger partial charge in [-0.2, -0.15) is 10.1 Å². The molecule has 1 saturated heterocycles. The molecule has 1 aliphatic heterocycles. The van der Waals surface area contributed by atoms with Gasteiger partial charge in [-0.25, -0.2) is 0 Å². The smallest absolute Gasteiger partial charge is 0.248 e. The number of likely N-dealkylation sites (N-methyl/N-ethyl adjacent to an activating group) is 1. The highest BCUT2D eigenvalue weighted by atomic mass is 16.5. The Kier molecular flexibility index (Phi) is 4.14. The molecule has 8 heteroatoms. The monoisotopic (exact) mass is 343 g/mol. The predicted molar refractivity (Wildman–Crippen MR) is 89.0 cm³/mol. The first-order valence-electron chi connectivity index (χ1n) is 8.30. The Labute approximate surface area is 145 Å². The molecule has 0 N–H and O–H groups in total. The topological polar surface area (TPSA) is 82.3 Å². The largest absolute Gasteiger partial charge is 0.472 e. The number of morpholine rings is 1. The van der Waals surface area contributed by atoms with Crippen LogP contribution in [-0.2, 0) is 11.3 Å². The van der Waals surface area contributed by atoms with E-state index in [1.165, 1.54) is 5.56 Å². The average Bonchev–Trinajstić information content (AvgIpc) is 3.31. The summed E-state index contributed by atoms with van der Waals surface area (Å²) in [6, 6.07) is 2.03. The summed E-state index contributed by atoms with van der Waals surface area (Å²) in [6.07, 6.45) is 3.18. The molecule has 0 amide bonds. The van der Waals surface area contributed by atoms with E-state index in [0.29, 0.717) is 24.9 Å². The van der Waals surface area contributed by atoms with Crippen molar-refractivity contribution in [1.29, 1.82) is 0 Å². The Morgan fingerprint density at radius 2 is 2.20 bits per heavy atom. The molecule has 0 aromatic carbocycles. The zero-order valence-electron chi connectivity index (χ0n) is 14.6. The summed E-state index contributed by atoms with van der Waals surface area (Å²) in [7, 11) is 2.12. The van der Waals surface area contributed by atoms with Crippen molar-refractivity contribution in [2.45, 2.75) is 26.4 Å². The van der Waals surface area contributed by atoms with Gasteiger partial charge in [-0.1, -0.05) is 5.16 Å². The molecule has 0 bridgehead atoms. The van der Waals surface area contributed by atoms with E-state index in [0.717, 1.165) is 30.1 Å². The van der Waals surface area contributed by atoms with Gasteiger partial charge in [0.15, 0.2) is 0 Å². The first-order valence-corrected chi connectivity index (χ1v) is 8.30. The van der Waals surface area contributed by atoms with Crippen molar-refractivity contribution >= 4 is 0 Å². The number of nitrogens with zero attached hydrogens (tertiary/aromatic N) is 5. The second kappa shape index (κ2) is 6.45. The molecule has 1 aliphatic rings. The molecule has 0 spiro atoms. The predicted octanol–water partition coefficient (Wildman–Crippen LogP) is 2.19. The fourth-order valence-corrected chi connectivity index (χ4v) is 3.29. The summed E-state index contributed by atoms with van der Waals surface area (Å²) in [4.78, 5) is 6.74. The molecule has 0 saturated carbocycles. The Morgan fingerprint density at radius 3 is 2.96 bits per heavy atom. The number of ether oxygens (including phenoxy) is 1. The number of aromatic nitrogens is 4. The summed E-state index contributed by atoms with van der Waals surface area (Å²) in [6.45, 7) is 6.94. The zero-order chi connectivity index (χ0) is 17.4. The van der Waals surface area contributed by atoms with Crippen LogP contribution in [0.15, 0.2) is 27.5 Å². The van der Waals surface area contributed by atoms with Gasteiger partial charge in [0, 0.05) is 17.8 Å². The van der Waals surface area contributed by atoms with Crippen LogP contribution in [0, 0.1) is 13.8 Å². The Hall–Kier alpha value is -2.45. The van der Waals surface area contributed by atoms with Crippen LogP contribution in [0.3, 0.4) is 0 Å². The third-order valence-electron chi connectivity index (χ3n) is 4.70. The molecule has 1 unspecified atom stereocenters. The summed E-state index contributed by atoms with van der Waals surface area (Å²) >= 11 is 0. The van der Waals surface area contributed by atoms with E-state index >= 15 is 0 Å². The van der Waals surface area contributed by atoms with Gasteiger partial charge in [0.2, 0.25) is 11.7 Å². The van der Waals surface area contributed by atoms with E-state index in [1.807, 2.05) is 11.6 Å². The summed E-state index contributed by atoms with van der Waals surface area (Å²) in [5, 5.41) is 8.68.